The lowest BCUT2D eigenvalue weighted by atomic mass is 9.95. The molecule has 1 heterocycles. The Morgan fingerprint density at radius 2 is 2.10 bits per heavy atom. The summed E-state index contributed by atoms with van der Waals surface area (Å²) >= 11 is 3.26. The molecule has 21 heavy (non-hydrogen) atoms. The van der Waals surface area contributed by atoms with Gasteiger partial charge in [0.15, 0.2) is 0 Å². The summed E-state index contributed by atoms with van der Waals surface area (Å²) in [5.74, 6) is 0.497. The molecule has 1 atom stereocenters. The third-order valence-corrected chi connectivity index (χ3v) is 5.08. The average molecular weight is 358 g/mol. The molecule has 0 amide bonds. The summed E-state index contributed by atoms with van der Waals surface area (Å²) in [7, 11) is 4.30. The molecular formula is C16H25BrFN3. The minimum atomic E-state index is -0.229. The van der Waals surface area contributed by atoms with Gasteiger partial charge in [-0.05, 0) is 79.6 Å². The minimum absolute atomic E-state index is 0.140. The topological polar surface area (TPSA) is 32.5 Å². The number of halogens is 2. The maximum atomic E-state index is 13.4. The van der Waals surface area contributed by atoms with E-state index in [1.807, 2.05) is 12.1 Å². The van der Waals surface area contributed by atoms with Crippen molar-refractivity contribution in [1.82, 2.24) is 9.80 Å². The first-order valence-corrected chi connectivity index (χ1v) is 8.34. The van der Waals surface area contributed by atoms with Crippen LogP contribution in [0.25, 0.3) is 0 Å². The number of hydrogen-bond donors (Lipinski definition) is 1. The fraction of sp³-hybridized carbons (Fsp3) is 0.625. The average Bonchev–Trinajstić information content (AvgIpc) is 2.46. The van der Waals surface area contributed by atoms with E-state index in [0.717, 1.165) is 18.0 Å². The second-order valence-electron chi connectivity index (χ2n) is 6.11. The largest absolute Gasteiger partial charge is 0.329 e. The first kappa shape index (κ1) is 16.9. The maximum Gasteiger partial charge on any atom is 0.137 e. The number of likely N-dealkylation sites (tertiary alicyclic amines) is 1. The van der Waals surface area contributed by atoms with Crippen molar-refractivity contribution in [3.05, 3.63) is 34.1 Å². The Labute approximate surface area is 135 Å². The van der Waals surface area contributed by atoms with Gasteiger partial charge in [-0.15, -0.1) is 0 Å². The number of benzene rings is 1. The van der Waals surface area contributed by atoms with Crippen LogP contribution in [0.15, 0.2) is 22.7 Å². The van der Waals surface area contributed by atoms with E-state index in [1.165, 1.54) is 32.0 Å². The van der Waals surface area contributed by atoms with Gasteiger partial charge in [0, 0.05) is 19.1 Å². The lowest BCUT2D eigenvalue weighted by molar-refractivity contribution is 0.151. The van der Waals surface area contributed by atoms with E-state index in [4.69, 9.17) is 5.73 Å². The molecule has 2 rings (SSSR count). The Hall–Kier alpha value is -0.490. The molecule has 1 fully saturated rings. The van der Waals surface area contributed by atoms with Crippen LogP contribution in [0.4, 0.5) is 4.39 Å². The molecule has 0 aromatic heterocycles. The third-order valence-electron chi connectivity index (χ3n) is 4.47. The van der Waals surface area contributed by atoms with Crippen molar-refractivity contribution in [2.45, 2.75) is 18.9 Å². The van der Waals surface area contributed by atoms with Crippen LogP contribution in [0.2, 0.25) is 0 Å². The normalized spacial score (nSPS) is 19.1. The zero-order valence-electron chi connectivity index (χ0n) is 12.9. The van der Waals surface area contributed by atoms with Gasteiger partial charge in [0.2, 0.25) is 0 Å². The highest BCUT2D eigenvalue weighted by Gasteiger charge is 2.22. The van der Waals surface area contributed by atoms with E-state index >= 15 is 0 Å². The van der Waals surface area contributed by atoms with E-state index in [-0.39, 0.29) is 11.9 Å². The van der Waals surface area contributed by atoms with Crippen LogP contribution in [0.5, 0.6) is 0 Å². The van der Waals surface area contributed by atoms with Crippen molar-refractivity contribution in [2.75, 3.05) is 40.3 Å². The van der Waals surface area contributed by atoms with Crippen LogP contribution < -0.4 is 5.73 Å². The van der Waals surface area contributed by atoms with Crippen molar-refractivity contribution in [1.29, 1.82) is 0 Å². The molecule has 118 valence electrons. The zero-order chi connectivity index (χ0) is 15.4. The molecule has 0 saturated carbocycles. The summed E-state index contributed by atoms with van der Waals surface area (Å²) in [5, 5.41) is 0. The minimum Gasteiger partial charge on any atom is -0.329 e. The second kappa shape index (κ2) is 7.68. The molecule has 0 radical (unpaired) electrons. The molecule has 1 aromatic rings. The number of likely N-dealkylation sites (N-methyl/N-ethyl adjacent to an activating group) is 1. The van der Waals surface area contributed by atoms with E-state index in [2.05, 4.69) is 39.8 Å². The van der Waals surface area contributed by atoms with Crippen LogP contribution >= 0.6 is 15.9 Å². The van der Waals surface area contributed by atoms with E-state index < -0.39 is 0 Å². The molecular weight excluding hydrogens is 333 g/mol. The van der Waals surface area contributed by atoms with E-state index in [1.54, 1.807) is 0 Å². The first-order chi connectivity index (χ1) is 10.0. The van der Waals surface area contributed by atoms with Crippen molar-refractivity contribution >= 4 is 15.9 Å². The van der Waals surface area contributed by atoms with Crippen LogP contribution in [-0.2, 0) is 0 Å². The fourth-order valence-electron chi connectivity index (χ4n) is 3.07. The van der Waals surface area contributed by atoms with Gasteiger partial charge in [0.05, 0.1) is 4.47 Å². The summed E-state index contributed by atoms with van der Waals surface area (Å²) in [4.78, 5) is 4.70. The van der Waals surface area contributed by atoms with Crippen molar-refractivity contribution in [3.63, 3.8) is 0 Å². The molecule has 0 aliphatic carbocycles. The molecule has 1 unspecified atom stereocenters. The fourth-order valence-corrected chi connectivity index (χ4v) is 3.47. The van der Waals surface area contributed by atoms with E-state index in [9.17, 15) is 4.39 Å². The van der Waals surface area contributed by atoms with Crippen molar-refractivity contribution < 1.29 is 4.39 Å². The smallest absolute Gasteiger partial charge is 0.137 e. The SMILES string of the molecule is CN1CCC(CN(C)C(CN)c2ccc(F)c(Br)c2)CC1. The summed E-state index contributed by atoms with van der Waals surface area (Å²) < 4.78 is 13.9. The van der Waals surface area contributed by atoms with Gasteiger partial charge in [-0.2, -0.15) is 0 Å². The first-order valence-electron chi connectivity index (χ1n) is 7.55. The Balaban J connectivity index is 2.00. The van der Waals surface area contributed by atoms with Gasteiger partial charge < -0.3 is 10.6 Å². The number of piperidine rings is 1. The Morgan fingerprint density at radius 3 is 2.67 bits per heavy atom. The number of nitrogens with zero attached hydrogens (tertiary/aromatic N) is 2. The highest BCUT2D eigenvalue weighted by atomic mass is 79.9. The summed E-state index contributed by atoms with van der Waals surface area (Å²) in [6.07, 6.45) is 2.48. The van der Waals surface area contributed by atoms with Crippen molar-refractivity contribution in [2.24, 2.45) is 11.7 Å². The van der Waals surface area contributed by atoms with Gasteiger partial charge in [-0.25, -0.2) is 4.39 Å². The van der Waals surface area contributed by atoms with Crippen LogP contribution in [0.3, 0.4) is 0 Å². The second-order valence-corrected chi connectivity index (χ2v) is 6.97. The summed E-state index contributed by atoms with van der Waals surface area (Å²) in [6.45, 7) is 3.94. The predicted octanol–water partition coefficient (Wildman–Crippen LogP) is 2.86. The standard InChI is InChI=1S/C16H25BrFN3/c1-20-7-5-12(6-8-20)11-21(2)16(10-19)13-3-4-15(18)14(17)9-13/h3-4,9,12,16H,5-8,10-11,19H2,1-2H3. The molecule has 1 aromatic carbocycles. The van der Waals surface area contributed by atoms with E-state index in [0.29, 0.717) is 11.0 Å². The quantitative estimate of drug-likeness (QED) is 0.879. The predicted molar refractivity (Wildman–Crippen MR) is 88.7 cm³/mol. The van der Waals surface area contributed by atoms with Crippen LogP contribution in [0, 0.1) is 11.7 Å². The monoisotopic (exact) mass is 357 g/mol. The number of nitrogens with two attached hydrogens (primary N) is 1. The van der Waals surface area contributed by atoms with Crippen LogP contribution in [0.1, 0.15) is 24.4 Å². The molecule has 1 saturated heterocycles. The molecule has 0 spiro atoms. The molecule has 2 N–H and O–H groups in total. The number of rotatable bonds is 5. The molecule has 5 heteroatoms. The number of hydrogen-bond acceptors (Lipinski definition) is 3. The Morgan fingerprint density at radius 1 is 1.43 bits per heavy atom. The summed E-state index contributed by atoms with van der Waals surface area (Å²) in [5.41, 5.74) is 7.03. The van der Waals surface area contributed by atoms with Gasteiger partial charge in [-0.1, -0.05) is 6.07 Å². The molecule has 1 aliphatic rings. The van der Waals surface area contributed by atoms with Gasteiger partial charge in [-0.3, -0.25) is 4.90 Å². The lowest BCUT2D eigenvalue weighted by Gasteiger charge is -2.35. The van der Waals surface area contributed by atoms with Gasteiger partial charge in [0.1, 0.15) is 5.82 Å². The maximum absolute atomic E-state index is 13.4. The Bertz CT molecular complexity index is 461. The molecule has 1 aliphatic heterocycles. The Kier molecular flexibility index (Phi) is 6.17. The highest BCUT2D eigenvalue weighted by Crippen LogP contribution is 2.26. The highest BCUT2D eigenvalue weighted by molar-refractivity contribution is 9.10. The van der Waals surface area contributed by atoms with Gasteiger partial charge >= 0.3 is 0 Å². The third kappa shape index (κ3) is 4.49. The van der Waals surface area contributed by atoms with Gasteiger partial charge in [0.25, 0.3) is 0 Å². The lowest BCUT2D eigenvalue weighted by Crippen LogP contribution is -2.38. The zero-order valence-corrected chi connectivity index (χ0v) is 14.4. The molecule has 0 bridgehead atoms. The summed E-state index contributed by atoms with van der Waals surface area (Å²) in [6, 6.07) is 5.33. The molecule has 3 nitrogen and oxygen atoms in total. The van der Waals surface area contributed by atoms with Crippen molar-refractivity contribution in [3.8, 4) is 0 Å². The van der Waals surface area contributed by atoms with Crippen LogP contribution in [-0.4, -0.2) is 50.1 Å².